The van der Waals surface area contributed by atoms with Crippen LogP contribution in [0.25, 0.3) is 0 Å². The zero-order valence-electron chi connectivity index (χ0n) is 8.45. The highest BCUT2D eigenvalue weighted by atomic mass is 16.5. The Morgan fingerprint density at radius 1 is 1.69 bits per heavy atom. The lowest BCUT2D eigenvalue weighted by Crippen LogP contribution is -2.44. The third kappa shape index (κ3) is 4.82. The Balaban J connectivity index is 3.84. The number of likely N-dealkylation sites (N-methyl/N-ethyl adjacent to an activating group) is 1. The van der Waals surface area contributed by atoms with Gasteiger partial charge in [0.15, 0.2) is 0 Å². The number of aliphatic hydroxyl groups is 1. The van der Waals surface area contributed by atoms with Crippen LogP contribution in [0.15, 0.2) is 0 Å². The molecule has 5 heteroatoms. The lowest BCUT2D eigenvalue weighted by atomic mass is 10.2. The summed E-state index contributed by atoms with van der Waals surface area (Å²) >= 11 is 0. The monoisotopic (exact) mass is 189 g/mol. The molecule has 0 aliphatic rings. The second-order valence-electron chi connectivity index (χ2n) is 3.18. The van der Waals surface area contributed by atoms with E-state index < -0.39 is 6.10 Å². The number of amidine groups is 1. The van der Waals surface area contributed by atoms with Crippen molar-refractivity contribution in [2.45, 2.75) is 19.1 Å². The van der Waals surface area contributed by atoms with Gasteiger partial charge in [0.25, 0.3) is 0 Å². The van der Waals surface area contributed by atoms with Crippen LogP contribution >= 0.6 is 0 Å². The zero-order chi connectivity index (χ0) is 10.4. The van der Waals surface area contributed by atoms with E-state index in [0.717, 1.165) is 0 Å². The van der Waals surface area contributed by atoms with Crippen molar-refractivity contribution in [1.29, 1.82) is 5.41 Å². The SMILES string of the molecule is COCC(O)CN(C)C(C)C(=N)N. The molecule has 0 aliphatic heterocycles. The van der Waals surface area contributed by atoms with Gasteiger partial charge in [0, 0.05) is 13.7 Å². The van der Waals surface area contributed by atoms with Crippen molar-refractivity contribution in [3.63, 3.8) is 0 Å². The van der Waals surface area contributed by atoms with E-state index in [1.165, 1.54) is 7.11 Å². The quantitative estimate of drug-likeness (QED) is 0.379. The minimum absolute atomic E-state index is 0.104. The molecule has 13 heavy (non-hydrogen) atoms. The number of nitrogens with one attached hydrogen (secondary N) is 1. The topological polar surface area (TPSA) is 82.6 Å². The molecule has 2 unspecified atom stereocenters. The van der Waals surface area contributed by atoms with Gasteiger partial charge in [-0.1, -0.05) is 0 Å². The molecule has 4 N–H and O–H groups in total. The number of methoxy groups -OCH3 is 1. The van der Waals surface area contributed by atoms with Crippen molar-refractivity contribution in [2.75, 3.05) is 27.3 Å². The smallest absolute Gasteiger partial charge is 0.108 e. The van der Waals surface area contributed by atoms with Gasteiger partial charge in [-0.2, -0.15) is 0 Å². The van der Waals surface area contributed by atoms with Crippen LogP contribution in [0.1, 0.15) is 6.92 Å². The Bertz CT molecular complexity index is 163. The summed E-state index contributed by atoms with van der Waals surface area (Å²) < 4.78 is 4.78. The molecule has 0 aromatic carbocycles. The highest BCUT2D eigenvalue weighted by molar-refractivity contribution is 5.82. The van der Waals surface area contributed by atoms with Crippen LogP contribution in [0.2, 0.25) is 0 Å². The molecule has 0 spiro atoms. The molecule has 0 saturated carbocycles. The maximum Gasteiger partial charge on any atom is 0.108 e. The fourth-order valence-corrected chi connectivity index (χ4v) is 0.973. The van der Waals surface area contributed by atoms with Gasteiger partial charge in [-0.3, -0.25) is 10.3 Å². The summed E-state index contributed by atoms with van der Waals surface area (Å²) in [4.78, 5) is 1.81. The summed E-state index contributed by atoms with van der Waals surface area (Å²) in [6.07, 6.45) is -0.531. The summed E-state index contributed by atoms with van der Waals surface area (Å²) in [6.45, 7) is 2.57. The number of nitrogens with zero attached hydrogens (tertiary/aromatic N) is 1. The number of hydrogen-bond acceptors (Lipinski definition) is 4. The van der Waals surface area contributed by atoms with Gasteiger partial charge >= 0.3 is 0 Å². The third-order valence-corrected chi connectivity index (χ3v) is 1.97. The number of hydrogen-bond donors (Lipinski definition) is 3. The Labute approximate surface area is 79.0 Å². The minimum Gasteiger partial charge on any atom is -0.389 e. The Morgan fingerprint density at radius 2 is 2.23 bits per heavy atom. The molecule has 2 atom stereocenters. The summed E-state index contributed by atoms with van der Waals surface area (Å²) in [5.41, 5.74) is 5.32. The van der Waals surface area contributed by atoms with E-state index in [4.69, 9.17) is 15.9 Å². The summed E-state index contributed by atoms with van der Waals surface area (Å²) in [5.74, 6) is 0.104. The molecule has 0 aromatic heterocycles. The Morgan fingerprint density at radius 3 is 2.62 bits per heavy atom. The first-order valence-corrected chi connectivity index (χ1v) is 4.20. The molecule has 0 amide bonds. The van der Waals surface area contributed by atoms with E-state index in [1.54, 1.807) is 0 Å². The van der Waals surface area contributed by atoms with Crippen LogP contribution in [0, 0.1) is 5.41 Å². The highest BCUT2D eigenvalue weighted by Gasteiger charge is 2.15. The van der Waals surface area contributed by atoms with Gasteiger partial charge in [0.2, 0.25) is 0 Å². The van der Waals surface area contributed by atoms with Crippen LogP contribution in [0.3, 0.4) is 0 Å². The first-order valence-electron chi connectivity index (χ1n) is 4.20. The second kappa shape index (κ2) is 5.90. The minimum atomic E-state index is -0.531. The van der Waals surface area contributed by atoms with Crippen molar-refractivity contribution in [2.24, 2.45) is 5.73 Å². The van der Waals surface area contributed by atoms with Gasteiger partial charge < -0.3 is 15.6 Å². The summed E-state index contributed by atoms with van der Waals surface area (Å²) in [5, 5.41) is 16.6. The maximum absolute atomic E-state index is 9.37. The standard InChI is InChI=1S/C8H19N3O2/c1-6(8(9)10)11(2)4-7(12)5-13-3/h6-7,12H,4-5H2,1-3H3,(H3,9,10). The van der Waals surface area contributed by atoms with Gasteiger partial charge in [0.1, 0.15) is 5.84 Å². The van der Waals surface area contributed by atoms with Crippen molar-refractivity contribution in [3.8, 4) is 0 Å². The molecule has 0 aromatic rings. The van der Waals surface area contributed by atoms with Crippen molar-refractivity contribution >= 4 is 5.84 Å². The predicted molar refractivity (Wildman–Crippen MR) is 51.9 cm³/mol. The summed E-state index contributed by atoms with van der Waals surface area (Å²) in [7, 11) is 3.35. The van der Waals surface area contributed by atoms with Crippen molar-refractivity contribution in [1.82, 2.24) is 4.90 Å². The number of rotatable bonds is 6. The van der Waals surface area contributed by atoms with Crippen LogP contribution in [-0.2, 0) is 4.74 Å². The molecular weight excluding hydrogens is 170 g/mol. The van der Waals surface area contributed by atoms with Crippen LogP contribution in [-0.4, -0.2) is 55.3 Å². The molecule has 0 radical (unpaired) electrons. The molecule has 0 rings (SSSR count). The first-order chi connectivity index (χ1) is 5.99. The Hall–Kier alpha value is -0.650. The van der Waals surface area contributed by atoms with E-state index in [1.807, 2.05) is 18.9 Å². The largest absolute Gasteiger partial charge is 0.389 e. The van der Waals surface area contributed by atoms with Gasteiger partial charge in [-0.15, -0.1) is 0 Å². The van der Waals surface area contributed by atoms with Crippen LogP contribution in [0.4, 0.5) is 0 Å². The fraction of sp³-hybridized carbons (Fsp3) is 0.875. The van der Waals surface area contributed by atoms with Gasteiger partial charge in [0.05, 0.1) is 18.8 Å². The van der Waals surface area contributed by atoms with Crippen LogP contribution in [0.5, 0.6) is 0 Å². The molecule has 0 bridgehead atoms. The van der Waals surface area contributed by atoms with Crippen molar-refractivity contribution in [3.05, 3.63) is 0 Å². The first kappa shape index (κ1) is 12.3. The molecular formula is C8H19N3O2. The summed E-state index contributed by atoms with van der Waals surface area (Å²) in [6, 6.07) is -0.147. The number of aliphatic hydroxyl groups excluding tert-OH is 1. The average molecular weight is 189 g/mol. The predicted octanol–water partition coefficient (Wildman–Crippen LogP) is -0.750. The van der Waals surface area contributed by atoms with E-state index >= 15 is 0 Å². The maximum atomic E-state index is 9.37. The highest BCUT2D eigenvalue weighted by Crippen LogP contribution is 1.97. The third-order valence-electron chi connectivity index (χ3n) is 1.97. The molecule has 0 fully saturated rings. The normalized spacial score (nSPS) is 15.8. The fourth-order valence-electron chi connectivity index (χ4n) is 0.973. The molecule has 0 aliphatic carbocycles. The van der Waals surface area contributed by atoms with E-state index in [9.17, 15) is 5.11 Å². The lowest BCUT2D eigenvalue weighted by Gasteiger charge is -2.25. The molecule has 78 valence electrons. The lowest BCUT2D eigenvalue weighted by molar-refractivity contribution is 0.0407. The van der Waals surface area contributed by atoms with Crippen LogP contribution < -0.4 is 5.73 Å². The van der Waals surface area contributed by atoms with Crippen molar-refractivity contribution < 1.29 is 9.84 Å². The van der Waals surface area contributed by atoms with E-state index in [0.29, 0.717) is 13.2 Å². The zero-order valence-corrected chi connectivity index (χ0v) is 8.45. The van der Waals surface area contributed by atoms with Gasteiger partial charge in [-0.05, 0) is 14.0 Å². The molecule has 5 nitrogen and oxygen atoms in total. The molecule has 0 saturated heterocycles. The average Bonchev–Trinajstić information content (AvgIpc) is 2.03. The second-order valence-corrected chi connectivity index (χ2v) is 3.18. The number of ether oxygens (including phenoxy) is 1. The van der Waals surface area contributed by atoms with Gasteiger partial charge in [-0.25, -0.2) is 0 Å². The van der Waals surface area contributed by atoms with E-state index in [2.05, 4.69) is 0 Å². The number of nitrogens with two attached hydrogens (primary N) is 1. The molecule has 0 heterocycles. The Kier molecular flexibility index (Phi) is 5.61. The van der Waals surface area contributed by atoms with E-state index in [-0.39, 0.29) is 11.9 Å².